The number of nitrogens with two attached hydrogens (primary N) is 1. The summed E-state index contributed by atoms with van der Waals surface area (Å²) in [6.07, 6.45) is -0.127. The van der Waals surface area contributed by atoms with Crippen molar-refractivity contribution in [2.45, 2.75) is 13.0 Å². The van der Waals surface area contributed by atoms with Crippen LogP contribution in [0.3, 0.4) is 0 Å². The van der Waals surface area contributed by atoms with E-state index in [-0.39, 0.29) is 6.10 Å². The summed E-state index contributed by atoms with van der Waals surface area (Å²) in [4.78, 5) is 4.63. The minimum Gasteiger partial charge on any atom is -0.297 e. The maximum absolute atomic E-state index is 8.52. The maximum atomic E-state index is 8.52. The van der Waals surface area contributed by atoms with Gasteiger partial charge in [-0.1, -0.05) is 12.1 Å². The molecule has 0 fully saturated rings. The molecule has 0 bridgehead atoms. The minimum atomic E-state index is -0.127. The van der Waals surface area contributed by atoms with E-state index in [2.05, 4.69) is 4.84 Å². The summed E-state index contributed by atoms with van der Waals surface area (Å²) in [6.45, 7) is 1.85. The van der Waals surface area contributed by atoms with Crippen LogP contribution in [0.25, 0.3) is 0 Å². The van der Waals surface area contributed by atoms with Crippen LogP contribution in [0.5, 0.6) is 0 Å². The van der Waals surface area contributed by atoms with Crippen LogP contribution >= 0.6 is 0 Å². The Hall–Kier alpha value is -1.37. The second-order valence-electron chi connectivity index (χ2n) is 2.51. The molecule has 0 saturated carbocycles. The number of hydrogen-bond acceptors (Lipinski definition) is 3. The Kier molecular flexibility index (Phi) is 2.81. The predicted molar refractivity (Wildman–Crippen MR) is 44.8 cm³/mol. The van der Waals surface area contributed by atoms with Gasteiger partial charge in [0, 0.05) is 0 Å². The van der Waals surface area contributed by atoms with E-state index in [9.17, 15) is 0 Å². The van der Waals surface area contributed by atoms with Crippen molar-refractivity contribution in [3.8, 4) is 6.07 Å². The molecule has 0 saturated heterocycles. The summed E-state index contributed by atoms with van der Waals surface area (Å²) < 4.78 is 0. The van der Waals surface area contributed by atoms with Gasteiger partial charge < -0.3 is 0 Å². The van der Waals surface area contributed by atoms with Crippen LogP contribution in [0.15, 0.2) is 24.3 Å². The van der Waals surface area contributed by atoms with Crippen molar-refractivity contribution in [2.24, 2.45) is 5.90 Å². The normalized spacial score (nSPS) is 12.1. The fourth-order valence-corrected chi connectivity index (χ4v) is 0.907. The van der Waals surface area contributed by atoms with Crippen LogP contribution in [-0.2, 0) is 4.84 Å². The minimum absolute atomic E-state index is 0.127. The standard InChI is InChI=1S/C9H10N2O/c1-7(12-11)9-4-2-8(6-10)3-5-9/h2-5,7H,11H2,1H3. The first-order chi connectivity index (χ1) is 5.77. The molecular formula is C9H10N2O. The fourth-order valence-electron chi connectivity index (χ4n) is 0.907. The summed E-state index contributed by atoms with van der Waals surface area (Å²) in [7, 11) is 0. The molecule has 1 atom stereocenters. The zero-order chi connectivity index (χ0) is 8.97. The molecule has 0 aromatic heterocycles. The van der Waals surface area contributed by atoms with E-state index in [1.54, 1.807) is 12.1 Å². The smallest absolute Gasteiger partial charge is 0.101 e. The lowest BCUT2D eigenvalue weighted by atomic mass is 10.1. The quantitative estimate of drug-likeness (QED) is 0.670. The van der Waals surface area contributed by atoms with Gasteiger partial charge in [-0.15, -0.1) is 0 Å². The summed E-state index contributed by atoms with van der Waals surface area (Å²) >= 11 is 0. The third-order valence-electron chi connectivity index (χ3n) is 1.71. The molecule has 0 spiro atoms. The summed E-state index contributed by atoms with van der Waals surface area (Å²) in [5.74, 6) is 5.01. The van der Waals surface area contributed by atoms with Gasteiger partial charge >= 0.3 is 0 Å². The first-order valence-electron chi connectivity index (χ1n) is 3.63. The highest BCUT2D eigenvalue weighted by Crippen LogP contribution is 2.14. The Morgan fingerprint density at radius 1 is 1.42 bits per heavy atom. The van der Waals surface area contributed by atoms with Crippen LogP contribution in [-0.4, -0.2) is 0 Å². The lowest BCUT2D eigenvalue weighted by Crippen LogP contribution is -2.04. The third kappa shape index (κ3) is 1.82. The Morgan fingerprint density at radius 3 is 2.42 bits per heavy atom. The molecule has 1 unspecified atom stereocenters. The van der Waals surface area contributed by atoms with Crippen molar-refractivity contribution >= 4 is 0 Å². The molecule has 3 nitrogen and oxygen atoms in total. The molecule has 1 aromatic rings. The molecule has 0 heterocycles. The van der Waals surface area contributed by atoms with Crippen molar-refractivity contribution in [1.29, 1.82) is 5.26 Å². The SMILES string of the molecule is CC(ON)c1ccc(C#N)cc1. The summed E-state index contributed by atoms with van der Waals surface area (Å²) in [6, 6.07) is 9.18. The molecular weight excluding hydrogens is 152 g/mol. The van der Waals surface area contributed by atoms with E-state index < -0.39 is 0 Å². The third-order valence-corrected chi connectivity index (χ3v) is 1.71. The van der Waals surface area contributed by atoms with E-state index in [0.29, 0.717) is 5.56 Å². The second-order valence-corrected chi connectivity index (χ2v) is 2.51. The molecule has 0 radical (unpaired) electrons. The highest BCUT2D eigenvalue weighted by atomic mass is 16.6. The van der Waals surface area contributed by atoms with Crippen LogP contribution in [0.2, 0.25) is 0 Å². The number of rotatable bonds is 2. The molecule has 1 rings (SSSR count). The van der Waals surface area contributed by atoms with E-state index >= 15 is 0 Å². The number of benzene rings is 1. The average Bonchev–Trinajstić information content (AvgIpc) is 2.17. The van der Waals surface area contributed by atoms with Crippen LogP contribution in [0.4, 0.5) is 0 Å². The molecule has 1 aromatic carbocycles. The number of nitriles is 1. The molecule has 0 amide bonds. The van der Waals surface area contributed by atoms with Gasteiger partial charge in [-0.2, -0.15) is 5.26 Å². The van der Waals surface area contributed by atoms with Gasteiger partial charge in [0.1, 0.15) is 6.10 Å². The predicted octanol–water partition coefficient (Wildman–Crippen LogP) is 1.51. The van der Waals surface area contributed by atoms with Crippen LogP contribution in [0.1, 0.15) is 24.2 Å². The van der Waals surface area contributed by atoms with E-state index in [1.165, 1.54) is 0 Å². The lowest BCUT2D eigenvalue weighted by Gasteiger charge is -2.07. The van der Waals surface area contributed by atoms with Crippen molar-refractivity contribution < 1.29 is 4.84 Å². The Labute approximate surface area is 71.3 Å². The van der Waals surface area contributed by atoms with Crippen molar-refractivity contribution in [3.63, 3.8) is 0 Å². The second kappa shape index (κ2) is 3.86. The van der Waals surface area contributed by atoms with E-state index in [0.717, 1.165) is 5.56 Å². The molecule has 62 valence electrons. The first kappa shape index (κ1) is 8.72. The van der Waals surface area contributed by atoms with Crippen molar-refractivity contribution in [3.05, 3.63) is 35.4 Å². The zero-order valence-corrected chi connectivity index (χ0v) is 6.82. The van der Waals surface area contributed by atoms with Gasteiger partial charge in [0.15, 0.2) is 0 Å². The van der Waals surface area contributed by atoms with Crippen LogP contribution in [0, 0.1) is 11.3 Å². The Balaban J connectivity index is 2.86. The van der Waals surface area contributed by atoms with Gasteiger partial charge in [-0.05, 0) is 24.6 Å². The monoisotopic (exact) mass is 162 g/mol. The highest BCUT2D eigenvalue weighted by molar-refractivity contribution is 5.32. The van der Waals surface area contributed by atoms with Crippen LogP contribution < -0.4 is 5.90 Å². The first-order valence-corrected chi connectivity index (χ1v) is 3.63. The topological polar surface area (TPSA) is 59.0 Å². The molecule has 3 heteroatoms. The largest absolute Gasteiger partial charge is 0.297 e. The molecule has 2 N–H and O–H groups in total. The number of nitrogens with zero attached hydrogens (tertiary/aromatic N) is 1. The molecule has 12 heavy (non-hydrogen) atoms. The Bertz CT molecular complexity index is 286. The fraction of sp³-hybridized carbons (Fsp3) is 0.222. The Morgan fingerprint density at radius 2 is 2.00 bits per heavy atom. The van der Waals surface area contributed by atoms with Crippen molar-refractivity contribution in [2.75, 3.05) is 0 Å². The van der Waals surface area contributed by atoms with Gasteiger partial charge in [0.2, 0.25) is 0 Å². The molecule has 0 aliphatic carbocycles. The van der Waals surface area contributed by atoms with Gasteiger partial charge in [-0.3, -0.25) is 4.84 Å². The lowest BCUT2D eigenvalue weighted by molar-refractivity contribution is 0.0664. The average molecular weight is 162 g/mol. The summed E-state index contributed by atoms with van der Waals surface area (Å²) in [5, 5.41) is 8.52. The van der Waals surface area contributed by atoms with Crippen molar-refractivity contribution in [1.82, 2.24) is 0 Å². The maximum Gasteiger partial charge on any atom is 0.101 e. The number of hydrogen-bond donors (Lipinski definition) is 1. The van der Waals surface area contributed by atoms with E-state index in [1.807, 2.05) is 25.1 Å². The van der Waals surface area contributed by atoms with Gasteiger partial charge in [0.05, 0.1) is 11.6 Å². The van der Waals surface area contributed by atoms with E-state index in [4.69, 9.17) is 11.2 Å². The summed E-state index contributed by atoms with van der Waals surface area (Å²) in [5.41, 5.74) is 1.61. The molecule has 0 aliphatic rings. The highest BCUT2D eigenvalue weighted by Gasteiger charge is 2.02. The van der Waals surface area contributed by atoms with Gasteiger partial charge in [-0.25, -0.2) is 5.90 Å². The van der Waals surface area contributed by atoms with Gasteiger partial charge in [0.25, 0.3) is 0 Å². The molecule has 0 aliphatic heterocycles. The zero-order valence-electron chi connectivity index (χ0n) is 6.82.